The molecule has 4 N–H and O–H groups in total. The maximum atomic E-state index is 13.2. The number of nitrogen functional groups attached to an aromatic ring is 1. The predicted octanol–water partition coefficient (Wildman–Crippen LogP) is 3.47. The van der Waals surface area contributed by atoms with E-state index in [9.17, 15) is 4.79 Å². The van der Waals surface area contributed by atoms with Gasteiger partial charge in [-0.25, -0.2) is 14.8 Å². The predicted molar refractivity (Wildman–Crippen MR) is 107 cm³/mol. The van der Waals surface area contributed by atoms with Gasteiger partial charge in [-0.05, 0) is 47.6 Å². The first-order chi connectivity index (χ1) is 13.9. The summed E-state index contributed by atoms with van der Waals surface area (Å²) in [7, 11) is 0. The first-order valence-electron chi connectivity index (χ1n) is 9.27. The van der Waals surface area contributed by atoms with E-state index in [0.29, 0.717) is 24.7 Å². The number of hydrogen-bond donors (Lipinski definition) is 3. The highest BCUT2D eigenvalue weighted by Gasteiger charge is 2.28. The first kappa shape index (κ1) is 18.7. The van der Waals surface area contributed by atoms with Gasteiger partial charge >= 0.3 is 6.16 Å². The van der Waals surface area contributed by atoms with Gasteiger partial charge in [-0.15, -0.1) is 0 Å². The summed E-state index contributed by atoms with van der Waals surface area (Å²) < 4.78 is 0. The van der Waals surface area contributed by atoms with Crippen LogP contribution >= 0.6 is 0 Å². The number of nitrogens with zero attached hydrogens (tertiary/aromatic N) is 3. The molecule has 1 saturated carbocycles. The Kier molecular flexibility index (Phi) is 4.75. The summed E-state index contributed by atoms with van der Waals surface area (Å²) in [5, 5.41) is 14.7. The van der Waals surface area contributed by atoms with Crippen molar-refractivity contribution >= 4 is 28.9 Å². The SMILES string of the molecule is Nc1nc(C(=O)N2Cc3ccccc3C2)c2cc(C3CC3)ccc2n1.O=C(O)O. The third-order valence-electron chi connectivity index (χ3n) is 5.12. The molecule has 0 unspecified atom stereocenters. The van der Waals surface area contributed by atoms with Gasteiger partial charge in [-0.3, -0.25) is 4.79 Å². The molecule has 0 spiro atoms. The molecule has 2 aliphatic rings. The lowest BCUT2D eigenvalue weighted by molar-refractivity contribution is 0.0747. The molecule has 3 aromatic rings. The van der Waals surface area contributed by atoms with Gasteiger partial charge in [-0.1, -0.05) is 30.3 Å². The van der Waals surface area contributed by atoms with Gasteiger partial charge in [-0.2, -0.15) is 0 Å². The second-order valence-corrected chi connectivity index (χ2v) is 7.19. The lowest BCUT2D eigenvalue weighted by Crippen LogP contribution is -2.27. The molecule has 148 valence electrons. The zero-order valence-electron chi connectivity index (χ0n) is 15.6. The van der Waals surface area contributed by atoms with Crippen molar-refractivity contribution in [2.24, 2.45) is 0 Å². The second-order valence-electron chi connectivity index (χ2n) is 7.19. The molecule has 29 heavy (non-hydrogen) atoms. The Bertz CT molecular complexity index is 1080. The van der Waals surface area contributed by atoms with Crippen LogP contribution in [0.1, 0.15) is 45.9 Å². The molecular weight excluding hydrogens is 372 g/mol. The molecule has 8 heteroatoms. The Morgan fingerprint density at radius 1 is 1.00 bits per heavy atom. The van der Waals surface area contributed by atoms with Crippen LogP contribution in [0.2, 0.25) is 0 Å². The molecule has 1 aromatic heterocycles. The van der Waals surface area contributed by atoms with Crippen LogP contribution in [-0.4, -0.2) is 37.1 Å². The molecule has 0 bridgehead atoms. The van der Waals surface area contributed by atoms with Crippen molar-refractivity contribution in [3.8, 4) is 0 Å². The number of nitrogens with two attached hydrogens (primary N) is 1. The number of benzene rings is 2. The number of anilines is 1. The Hall–Kier alpha value is -3.68. The molecule has 8 nitrogen and oxygen atoms in total. The van der Waals surface area contributed by atoms with Crippen LogP contribution in [0.15, 0.2) is 42.5 Å². The number of carbonyl (C=O) groups is 2. The zero-order chi connectivity index (χ0) is 20.5. The van der Waals surface area contributed by atoms with Gasteiger partial charge in [0, 0.05) is 18.5 Å². The van der Waals surface area contributed by atoms with E-state index in [4.69, 9.17) is 20.7 Å². The largest absolute Gasteiger partial charge is 0.503 e. The normalized spacial score (nSPS) is 14.8. The summed E-state index contributed by atoms with van der Waals surface area (Å²) in [6, 6.07) is 14.3. The maximum absolute atomic E-state index is 13.2. The van der Waals surface area contributed by atoms with E-state index in [1.54, 1.807) is 0 Å². The van der Waals surface area contributed by atoms with Crippen molar-refractivity contribution in [3.05, 3.63) is 64.8 Å². The monoisotopic (exact) mass is 392 g/mol. The van der Waals surface area contributed by atoms with Gasteiger partial charge in [0.25, 0.3) is 5.91 Å². The fourth-order valence-corrected chi connectivity index (χ4v) is 3.62. The van der Waals surface area contributed by atoms with E-state index < -0.39 is 6.16 Å². The Morgan fingerprint density at radius 3 is 2.21 bits per heavy atom. The summed E-state index contributed by atoms with van der Waals surface area (Å²) in [6.07, 6.45) is 0.595. The average Bonchev–Trinajstić information content (AvgIpc) is 3.44. The number of fused-ring (bicyclic) bond motifs is 2. The van der Waals surface area contributed by atoms with Crippen LogP contribution in [0.4, 0.5) is 10.7 Å². The lowest BCUT2D eigenvalue weighted by Gasteiger charge is -2.16. The highest BCUT2D eigenvalue weighted by molar-refractivity contribution is 6.05. The first-order valence-corrected chi connectivity index (χ1v) is 9.27. The van der Waals surface area contributed by atoms with Crippen LogP contribution in [0, 0.1) is 0 Å². The van der Waals surface area contributed by atoms with E-state index in [1.807, 2.05) is 23.1 Å². The van der Waals surface area contributed by atoms with Gasteiger partial charge in [0.15, 0.2) is 0 Å². The molecule has 2 heterocycles. The van der Waals surface area contributed by atoms with E-state index >= 15 is 0 Å². The molecule has 5 rings (SSSR count). The Morgan fingerprint density at radius 2 is 1.62 bits per heavy atom. The maximum Gasteiger partial charge on any atom is 0.503 e. The number of hydrogen-bond acceptors (Lipinski definition) is 5. The molecule has 1 fully saturated rings. The summed E-state index contributed by atoms with van der Waals surface area (Å²) in [6.45, 7) is 1.23. The van der Waals surface area contributed by atoms with Crippen molar-refractivity contribution < 1.29 is 19.8 Å². The molecular formula is C21H20N4O4. The molecule has 1 amide bonds. The number of carboxylic acid groups (broad SMARTS) is 2. The fraction of sp³-hybridized carbons (Fsp3) is 0.238. The number of aromatic nitrogens is 2. The number of rotatable bonds is 2. The minimum absolute atomic E-state index is 0.0803. The van der Waals surface area contributed by atoms with Gasteiger partial charge < -0.3 is 20.8 Å². The van der Waals surface area contributed by atoms with Crippen LogP contribution in [0.3, 0.4) is 0 Å². The summed E-state index contributed by atoms with van der Waals surface area (Å²) in [5.41, 5.74) is 10.7. The van der Waals surface area contributed by atoms with E-state index in [0.717, 1.165) is 10.9 Å². The standard InChI is InChI=1S/C20H18N4O.CH2O3/c21-20-22-17-8-7-13(12-5-6-12)9-16(17)18(23-20)19(25)24-10-14-3-1-2-4-15(14)11-24;2-1(3)4/h1-4,7-9,12H,5-6,10-11H2,(H2,21,22,23);(H2,2,3,4). The third-order valence-corrected chi connectivity index (χ3v) is 5.12. The third kappa shape index (κ3) is 3.96. The summed E-state index contributed by atoms with van der Waals surface area (Å²) >= 11 is 0. The van der Waals surface area contributed by atoms with Crippen molar-refractivity contribution in [2.45, 2.75) is 31.8 Å². The molecule has 2 aromatic carbocycles. The molecule has 1 aliphatic carbocycles. The Balaban J connectivity index is 0.000000472. The minimum atomic E-state index is -1.83. The molecule has 0 radical (unpaired) electrons. The molecule has 0 atom stereocenters. The number of carbonyl (C=O) groups excluding carboxylic acids is 1. The van der Waals surface area contributed by atoms with Crippen LogP contribution in [-0.2, 0) is 13.1 Å². The fourth-order valence-electron chi connectivity index (χ4n) is 3.62. The highest BCUT2D eigenvalue weighted by atomic mass is 16.6. The lowest BCUT2D eigenvalue weighted by atomic mass is 10.1. The average molecular weight is 392 g/mol. The van der Waals surface area contributed by atoms with E-state index in [-0.39, 0.29) is 11.9 Å². The smallest absolute Gasteiger partial charge is 0.450 e. The van der Waals surface area contributed by atoms with Crippen molar-refractivity contribution in [1.82, 2.24) is 14.9 Å². The second kappa shape index (κ2) is 7.38. The van der Waals surface area contributed by atoms with Crippen LogP contribution < -0.4 is 5.73 Å². The van der Waals surface area contributed by atoms with Crippen molar-refractivity contribution in [2.75, 3.05) is 5.73 Å². The van der Waals surface area contributed by atoms with Crippen LogP contribution in [0.25, 0.3) is 10.9 Å². The number of amides is 1. The summed E-state index contributed by atoms with van der Waals surface area (Å²) in [5.74, 6) is 0.677. The van der Waals surface area contributed by atoms with E-state index in [1.165, 1.54) is 29.5 Å². The van der Waals surface area contributed by atoms with Gasteiger partial charge in [0.2, 0.25) is 5.95 Å². The summed E-state index contributed by atoms with van der Waals surface area (Å²) in [4.78, 5) is 32.1. The molecule has 0 saturated heterocycles. The zero-order valence-corrected chi connectivity index (χ0v) is 15.6. The minimum Gasteiger partial charge on any atom is -0.450 e. The molecule has 1 aliphatic heterocycles. The highest BCUT2D eigenvalue weighted by Crippen LogP contribution is 2.41. The van der Waals surface area contributed by atoms with Gasteiger partial charge in [0.1, 0.15) is 5.69 Å². The van der Waals surface area contributed by atoms with Crippen LogP contribution in [0.5, 0.6) is 0 Å². The van der Waals surface area contributed by atoms with Crippen molar-refractivity contribution in [1.29, 1.82) is 0 Å². The topological polar surface area (TPSA) is 130 Å². The van der Waals surface area contributed by atoms with Crippen molar-refractivity contribution in [3.63, 3.8) is 0 Å². The quantitative estimate of drug-likeness (QED) is 0.609. The Labute approximate surface area is 166 Å². The van der Waals surface area contributed by atoms with E-state index in [2.05, 4.69) is 34.2 Å². The van der Waals surface area contributed by atoms with Gasteiger partial charge in [0.05, 0.1) is 5.52 Å².